The van der Waals surface area contributed by atoms with Crippen LogP contribution in [0.4, 0.5) is 5.69 Å². The summed E-state index contributed by atoms with van der Waals surface area (Å²) in [6.07, 6.45) is 5.85. The van der Waals surface area contributed by atoms with E-state index >= 15 is 0 Å². The van der Waals surface area contributed by atoms with Gasteiger partial charge in [-0.25, -0.2) is 0 Å². The first kappa shape index (κ1) is 28.2. The molecular weight excluding hydrogens is 565 g/mol. The predicted octanol–water partition coefficient (Wildman–Crippen LogP) is 6.91. The number of benzene rings is 1. The molecule has 3 atom stereocenters. The van der Waals surface area contributed by atoms with E-state index in [1.807, 2.05) is 37.8 Å². The lowest BCUT2D eigenvalue weighted by molar-refractivity contribution is -0.154. The van der Waals surface area contributed by atoms with Crippen molar-refractivity contribution in [2.45, 2.75) is 89.6 Å². The van der Waals surface area contributed by atoms with Crippen molar-refractivity contribution in [3.8, 4) is 11.3 Å². The smallest absolute Gasteiger partial charge is 0.306 e. The minimum absolute atomic E-state index is 0.0507. The van der Waals surface area contributed by atoms with Crippen molar-refractivity contribution in [1.82, 2.24) is 10.1 Å². The topological polar surface area (TPSA) is 94.8 Å². The number of fused-ring (bicyclic) bond motifs is 2. The van der Waals surface area contributed by atoms with Crippen LogP contribution in [0.2, 0.25) is 10.0 Å². The zero-order valence-electron chi connectivity index (χ0n) is 23.4. The summed E-state index contributed by atoms with van der Waals surface area (Å²) in [5.74, 6) is 0.733. The Bertz CT molecular complexity index is 1440. The Balaban J connectivity index is 1.10. The molecule has 2 bridgehead atoms. The number of hydrogen-bond acceptors (Lipinski definition) is 7. The van der Waals surface area contributed by atoms with Crippen molar-refractivity contribution >= 4 is 40.8 Å². The Hall–Kier alpha value is -2.94. The van der Waals surface area contributed by atoms with Crippen molar-refractivity contribution in [2.75, 3.05) is 4.90 Å². The standard InChI is InChI=1S/C31H33Cl2N3O5/c1-31(2,3)40-26(37)12-10-18-9-11-19(15-34-18)36-20-13-21(30(36)38)25(14-20)39-16-22-28(35-41-29(22)17-7-8-17)27-23(32)5-4-6-24(27)33/h4-6,9,11,15,17,20-21,25H,7-8,10,12-14,16H2,1-3H3/t20-,21+,25-/m0/s1. The van der Waals surface area contributed by atoms with Crippen LogP contribution in [0.5, 0.6) is 0 Å². The molecule has 8 nitrogen and oxygen atoms in total. The number of piperidine rings is 1. The zero-order valence-corrected chi connectivity index (χ0v) is 24.9. The summed E-state index contributed by atoms with van der Waals surface area (Å²) in [6.45, 7) is 5.83. The molecule has 0 radical (unpaired) electrons. The molecule has 0 N–H and O–H groups in total. The Morgan fingerprint density at radius 1 is 1.12 bits per heavy atom. The Labute approximate surface area is 249 Å². The van der Waals surface area contributed by atoms with E-state index in [1.54, 1.807) is 24.4 Å². The fourth-order valence-corrected chi connectivity index (χ4v) is 6.47. The van der Waals surface area contributed by atoms with Gasteiger partial charge in [0.05, 0.1) is 47.0 Å². The third-order valence-electron chi connectivity index (χ3n) is 7.90. The van der Waals surface area contributed by atoms with Gasteiger partial charge in [-0.2, -0.15) is 0 Å². The second kappa shape index (κ2) is 11.0. The molecule has 41 heavy (non-hydrogen) atoms. The van der Waals surface area contributed by atoms with Crippen molar-refractivity contribution in [2.24, 2.45) is 5.92 Å². The lowest BCUT2D eigenvalue weighted by atomic mass is 10.0. The van der Waals surface area contributed by atoms with E-state index < -0.39 is 5.60 Å². The van der Waals surface area contributed by atoms with Gasteiger partial charge in [-0.3, -0.25) is 14.6 Å². The minimum atomic E-state index is -0.508. The monoisotopic (exact) mass is 597 g/mol. The molecule has 1 aromatic carbocycles. The van der Waals surface area contributed by atoms with Crippen molar-refractivity contribution in [3.63, 3.8) is 0 Å². The molecule has 2 aliphatic carbocycles. The number of pyridine rings is 1. The van der Waals surface area contributed by atoms with Gasteiger partial charge in [-0.1, -0.05) is 34.4 Å². The lowest BCUT2D eigenvalue weighted by Gasteiger charge is -2.31. The highest BCUT2D eigenvalue weighted by atomic mass is 35.5. The molecule has 3 heterocycles. The van der Waals surface area contributed by atoms with Gasteiger partial charge in [-0.15, -0.1) is 0 Å². The summed E-state index contributed by atoms with van der Waals surface area (Å²) in [7, 11) is 0. The highest BCUT2D eigenvalue weighted by molar-refractivity contribution is 6.39. The molecule has 3 fully saturated rings. The summed E-state index contributed by atoms with van der Waals surface area (Å²) in [6, 6.07) is 9.19. The third-order valence-corrected chi connectivity index (χ3v) is 8.53. The van der Waals surface area contributed by atoms with E-state index in [-0.39, 0.29) is 43.0 Å². The number of aromatic nitrogens is 2. The number of halogens is 2. The summed E-state index contributed by atoms with van der Waals surface area (Å²) in [4.78, 5) is 31.8. The average Bonchev–Trinajstić information content (AvgIpc) is 3.42. The summed E-state index contributed by atoms with van der Waals surface area (Å²) < 4.78 is 17.5. The van der Waals surface area contributed by atoms with E-state index in [9.17, 15) is 9.59 Å². The molecule has 1 amide bonds. The molecule has 2 saturated carbocycles. The molecule has 1 saturated heterocycles. The number of carbonyl (C=O) groups excluding carboxylic acids is 2. The zero-order chi connectivity index (χ0) is 28.9. The fraction of sp³-hybridized carbons (Fsp3) is 0.484. The predicted molar refractivity (Wildman–Crippen MR) is 155 cm³/mol. The molecule has 0 spiro atoms. The third kappa shape index (κ3) is 5.87. The quantitative estimate of drug-likeness (QED) is 0.247. The van der Waals surface area contributed by atoms with E-state index in [0.29, 0.717) is 33.6 Å². The van der Waals surface area contributed by atoms with Gasteiger partial charge >= 0.3 is 5.97 Å². The summed E-state index contributed by atoms with van der Waals surface area (Å²) >= 11 is 13.0. The van der Waals surface area contributed by atoms with Crippen LogP contribution < -0.4 is 4.90 Å². The van der Waals surface area contributed by atoms with Crippen molar-refractivity contribution < 1.29 is 23.6 Å². The van der Waals surface area contributed by atoms with Gasteiger partial charge in [0.2, 0.25) is 5.91 Å². The second-order valence-electron chi connectivity index (χ2n) is 12.1. The molecule has 6 rings (SSSR count). The van der Waals surface area contributed by atoms with Crippen LogP contribution >= 0.6 is 23.2 Å². The van der Waals surface area contributed by atoms with Gasteiger partial charge < -0.3 is 18.9 Å². The molecular formula is C31H33Cl2N3O5. The molecule has 10 heteroatoms. The van der Waals surface area contributed by atoms with Crippen molar-refractivity contribution in [3.05, 3.63) is 63.6 Å². The number of hydrogen-bond donors (Lipinski definition) is 0. The van der Waals surface area contributed by atoms with Crippen LogP contribution in [-0.2, 0) is 32.1 Å². The molecule has 216 valence electrons. The Kier molecular flexibility index (Phi) is 7.59. The Morgan fingerprint density at radius 2 is 1.88 bits per heavy atom. The van der Waals surface area contributed by atoms with E-state index in [2.05, 4.69) is 10.1 Å². The number of aryl methyl sites for hydroxylation is 1. The highest BCUT2D eigenvalue weighted by Gasteiger charge is 2.52. The maximum absolute atomic E-state index is 13.4. The van der Waals surface area contributed by atoms with Gasteiger partial charge in [0.15, 0.2) is 0 Å². The number of amides is 1. The van der Waals surface area contributed by atoms with Gasteiger partial charge in [0.25, 0.3) is 0 Å². The van der Waals surface area contributed by atoms with Crippen LogP contribution in [0.3, 0.4) is 0 Å². The summed E-state index contributed by atoms with van der Waals surface area (Å²) in [5, 5.41) is 5.35. The number of rotatable bonds is 9. The average molecular weight is 599 g/mol. The molecule has 0 unspecified atom stereocenters. The van der Waals surface area contributed by atoms with Crippen LogP contribution in [-0.4, -0.2) is 39.8 Å². The molecule has 3 aromatic rings. The van der Waals surface area contributed by atoms with Crippen LogP contribution in [0.1, 0.15) is 75.8 Å². The maximum Gasteiger partial charge on any atom is 0.306 e. The van der Waals surface area contributed by atoms with E-state index in [4.69, 9.17) is 37.2 Å². The lowest BCUT2D eigenvalue weighted by Crippen LogP contribution is -2.43. The number of ether oxygens (including phenoxy) is 2. The molecule has 3 aliphatic rings. The number of nitrogens with zero attached hydrogens (tertiary/aromatic N) is 3. The maximum atomic E-state index is 13.4. The summed E-state index contributed by atoms with van der Waals surface area (Å²) in [5.41, 5.74) is 3.16. The van der Waals surface area contributed by atoms with Gasteiger partial charge in [0, 0.05) is 35.2 Å². The van der Waals surface area contributed by atoms with E-state index in [1.165, 1.54) is 0 Å². The fourth-order valence-electron chi connectivity index (χ4n) is 5.89. The highest BCUT2D eigenvalue weighted by Crippen LogP contribution is 2.47. The minimum Gasteiger partial charge on any atom is -0.460 e. The number of esters is 1. The Morgan fingerprint density at radius 3 is 2.51 bits per heavy atom. The first-order chi connectivity index (χ1) is 19.6. The van der Waals surface area contributed by atoms with Crippen LogP contribution in [0, 0.1) is 5.92 Å². The van der Waals surface area contributed by atoms with Gasteiger partial charge in [-0.05, 0) is 70.7 Å². The first-order valence-corrected chi connectivity index (χ1v) is 14.9. The first-order valence-electron chi connectivity index (χ1n) is 14.1. The number of anilines is 1. The second-order valence-corrected chi connectivity index (χ2v) is 12.9. The largest absolute Gasteiger partial charge is 0.460 e. The normalized spacial score (nSPS) is 22.0. The van der Waals surface area contributed by atoms with Crippen LogP contribution in [0.25, 0.3) is 11.3 Å². The van der Waals surface area contributed by atoms with Crippen LogP contribution in [0.15, 0.2) is 41.1 Å². The van der Waals surface area contributed by atoms with Crippen molar-refractivity contribution in [1.29, 1.82) is 0 Å². The molecule has 1 aliphatic heterocycles. The molecule has 2 aromatic heterocycles. The SMILES string of the molecule is CC(C)(C)OC(=O)CCc1ccc(N2C(=O)[C@@H]3C[C@H]2C[C@@H]3OCc2c(-c3c(Cl)cccc3Cl)noc2C2CC2)cn1. The van der Waals surface area contributed by atoms with E-state index in [0.717, 1.165) is 48.4 Å². The van der Waals surface area contributed by atoms with Gasteiger partial charge in [0.1, 0.15) is 17.1 Å². The number of carbonyl (C=O) groups is 2.